The molecule has 25 heavy (non-hydrogen) atoms. The van der Waals surface area contributed by atoms with Crippen molar-refractivity contribution in [3.8, 4) is 5.69 Å². The van der Waals surface area contributed by atoms with E-state index >= 15 is 0 Å². The topological polar surface area (TPSA) is 46.9 Å². The molecule has 0 fully saturated rings. The van der Waals surface area contributed by atoms with Crippen LogP contribution in [0.25, 0.3) is 5.69 Å². The van der Waals surface area contributed by atoms with E-state index in [0.29, 0.717) is 12.1 Å². The van der Waals surface area contributed by atoms with Gasteiger partial charge in [-0.05, 0) is 44.0 Å². The Kier molecular flexibility index (Phi) is 5.87. The average Bonchev–Trinajstić information content (AvgIpc) is 2.88. The standard InChI is InChI=1S/C18H22F3N3O/c1-4-5-6-17(25)22-11-14-7-8-15(10-16(14)18(19,20)21)24-13(3)9-12(2)23-24/h7-10H,4-6,11H2,1-3H3,(H,22,25). The number of carbonyl (C=O) groups excluding carboxylic acids is 1. The van der Waals surface area contributed by atoms with E-state index in [9.17, 15) is 18.0 Å². The van der Waals surface area contributed by atoms with Crippen LogP contribution >= 0.6 is 0 Å². The summed E-state index contributed by atoms with van der Waals surface area (Å²) in [6, 6.07) is 5.86. The second-order valence-electron chi connectivity index (χ2n) is 6.06. The van der Waals surface area contributed by atoms with Crippen LogP contribution in [0, 0.1) is 13.8 Å². The maximum absolute atomic E-state index is 13.4. The Morgan fingerprint density at radius 2 is 1.96 bits per heavy atom. The van der Waals surface area contributed by atoms with Crippen molar-refractivity contribution in [3.63, 3.8) is 0 Å². The van der Waals surface area contributed by atoms with Gasteiger partial charge in [0.1, 0.15) is 0 Å². The van der Waals surface area contributed by atoms with Crippen LogP contribution in [-0.2, 0) is 17.5 Å². The second-order valence-corrected chi connectivity index (χ2v) is 6.06. The first kappa shape index (κ1) is 19.0. The summed E-state index contributed by atoms with van der Waals surface area (Å²) in [6.07, 6.45) is -2.61. The first-order valence-corrected chi connectivity index (χ1v) is 8.23. The number of rotatable bonds is 6. The van der Waals surface area contributed by atoms with Gasteiger partial charge in [0.15, 0.2) is 0 Å². The summed E-state index contributed by atoms with van der Waals surface area (Å²) in [5, 5.41) is 6.78. The maximum atomic E-state index is 13.4. The number of aryl methyl sites for hydroxylation is 2. The summed E-state index contributed by atoms with van der Waals surface area (Å²) in [5.41, 5.74) is 1.12. The molecule has 2 aromatic rings. The van der Waals surface area contributed by atoms with Gasteiger partial charge in [-0.3, -0.25) is 4.79 Å². The summed E-state index contributed by atoms with van der Waals surface area (Å²) in [4.78, 5) is 11.7. The van der Waals surface area contributed by atoms with Crippen molar-refractivity contribution in [2.24, 2.45) is 0 Å². The number of unbranched alkanes of at least 4 members (excludes halogenated alkanes) is 1. The van der Waals surface area contributed by atoms with Gasteiger partial charge < -0.3 is 5.32 Å². The van der Waals surface area contributed by atoms with Crippen molar-refractivity contribution < 1.29 is 18.0 Å². The number of aromatic nitrogens is 2. The fourth-order valence-corrected chi connectivity index (χ4v) is 2.62. The number of nitrogens with zero attached hydrogens (tertiary/aromatic N) is 2. The SMILES string of the molecule is CCCCC(=O)NCc1ccc(-n2nc(C)cc2C)cc1C(F)(F)F. The predicted molar refractivity (Wildman–Crippen MR) is 89.4 cm³/mol. The van der Waals surface area contributed by atoms with Gasteiger partial charge in [-0.1, -0.05) is 19.4 Å². The predicted octanol–water partition coefficient (Wildman–Crippen LogP) is 4.31. The monoisotopic (exact) mass is 353 g/mol. The zero-order valence-electron chi connectivity index (χ0n) is 14.6. The Morgan fingerprint density at radius 3 is 2.52 bits per heavy atom. The summed E-state index contributed by atoms with van der Waals surface area (Å²) < 4.78 is 41.8. The molecule has 0 atom stereocenters. The molecule has 1 N–H and O–H groups in total. The Labute approximate surface area is 145 Å². The quantitative estimate of drug-likeness (QED) is 0.841. The Hall–Kier alpha value is -2.31. The molecule has 0 saturated heterocycles. The molecule has 1 aromatic heterocycles. The van der Waals surface area contributed by atoms with Gasteiger partial charge in [0, 0.05) is 18.7 Å². The number of benzene rings is 1. The number of nitrogens with one attached hydrogen (secondary N) is 1. The highest BCUT2D eigenvalue weighted by Crippen LogP contribution is 2.33. The van der Waals surface area contributed by atoms with Gasteiger partial charge in [0.25, 0.3) is 0 Å². The summed E-state index contributed by atoms with van der Waals surface area (Å²) >= 11 is 0. The van der Waals surface area contributed by atoms with E-state index in [2.05, 4.69) is 10.4 Å². The van der Waals surface area contributed by atoms with Crippen LogP contribution in [0.3, 0.4) is 0 Å². The van der Waals surface area contributed by atoms with Crippen LogP contribution in [0.5, 0.6) is 0 Å². The highest BCUT2D eigenvalue weighted by atomic mass is 19.4. The number of amides is 1. The molecule has 7 heteroatoms. The smallest absolute Gasteiger partial charge is 0.352 e. The fourth-order valence-electron chi connectivity index (χ4n) is 2.62. The second kappa shape index (κ2) is 7.72. The van der Waals surface area contributed by atoms with E-state index < -0.39 is 11.7 Å². The van der Waals surface area contributed by atoms with Crippen LogP contribution < -0.4 is 5.32 Å². The molecular weight excluding hydrogens is 331 g/mol. The first-order chi connectivity index (χ1) is 11.7. The van der Waals surface area contributed by atoms with Gasteiger partial charge in [0.2, 0.25) is 5.91 Å². The third-order valence-electron chi connectivity index (χ3n) is 3.89. The van der Waals surface area contributed by atoms with Crippen LogP contribution in [0.4, 0.5) is 13.2 Å². The zero-order chi connectivity index (χ0) is 18.6. The molecule has 0 radical (unpaired) electrons. The summed E-state index contributed by atoms with van der Waals surface area (Å²) in [6.45, 7) is 5.38. The molecule has 0 aliphatic rings. The van der Waals surface area contributed by atoms with Gasteiger partial charge in [0.05, 0.1) is 16.9 Å². The number of halogens is 3. The molecule has 0 unspecified atom stereocenters. The van der Waals surface area contributed by atoms with Gasteiger partial charge >= 0.3 is 6.18 Å². The minimum absolute atomic E-state index is 0.0441. The number of hydrogen-bond acceptors (Lipinski definition) is 2. The van der Waals surface area contributed by atoms with E-state index in [4.69, 9.17) is 0 Å². The lowest BCUT2D eigenvalue weighted by molar-refractivity contribution is -0.138. The van der Waals surface area contributed by atoms with Crippen molar-refractivity contribution in [2.45, 2.75) is 52.8 Å². The number of hydrogen-bond donors (Lipinski definition) is 1. The van der Waals surface area contributed by atoms with Crippen molar-refractivity contribution in [1.29, 1.82) is 0 Å². The fraction of sp³-hybridized carbons (Fsp3) is 0.444. The lowest BCUT2D eigenvalue weighted by Crippen LogP contribution is -2.24. The third kappa shape index (κ3) is 4.84. The molecule has 0 saturated carbocycles. The van der Waals surface area contributed by atoms with Crippen LogP contribution in [0.2, 0.25) is 0 Å². The zero-order valence-corrected chi connectivity index (χ0v) is 14.6. The Bertz CT molecular complexity index is 751. The molecule has 0 aliphatic carbocycles. The largest absolute Gasteiger partial charge is 0.416 e. The van der Waals surface area contributed by atoms with E-state index in [1.54, 1.807) is 26.0 Å². The lowest BCUT2D eigenvalue weighted by Gasteiger charge is -2.16. The molecule has 1 heterocycles. The summed E-state index contributed by atoms with van der Waals surface area (Å²) in [5.74, 6) is -0.238. The van der Waals surface area contributed by atoms with Crippen LogP contribution in [-0.4, -0.2) is 15.7 Å². The molecular formula is C18H22F3N3O. The molecule has 2 rings (SSSR count). The molecule has 0 aliphatic heterocycles. The molecule has 1 aromatic carbocycles. The van der Waals surface area contributed by atoms with E-state index in [-0.39, 0.29) is 18.0 Å². The normalized spacial score (nSPS) is 11.6. The third-order valence-corrected chi connectivity index (χ3v) is 3.89. The first-order valence-electron chi connectivity index (χ1n) is 8.23. The maximum Gasteiger partial charge on any atom is 0.416 e. The minimum atomic E-state index is -4.50. The van der Waals surface area contributed by atoms with Crippen molar-refractivity contribution in [3.05, 3.63) is 46.8 Å². The van der Waals surface area contributed by atoms with Crippen LogP contribution in [0.1, 0.15) is 48.7 Å². The number of carbonyl (C=O) groups is 1. The van der Waals surface area contributed by atoms with Crippen molar-refractivity contribution >= 4 is 5.91 Å². The molecule has 136 valence electrons. The van der Waals surface area contributed by atoms with Gasteiger partial charge in [-0.15, -0.1) is 0 Å². The van der Waals surface area contributed by atoms with E-state index in [1.807, 2.05) is 6.92 Å². The summed E-state index contributed by atoms with van der Waals surface area (Å²) in [7, 11) is 0. The molecule has 4 nitrogen and oxygen atoms in total. The Morgan fingerprint density at radius 1 is 1.24 bits per heavy atom. The molecule has 1 amide bonds. The van der Waals surface area contributed by atoms with Gasteiger partial charge in [-0.25, -0.2) is 4.68 Å². The average molecular weight is 353 g/mol. The Balaban J connectivity index is 2.29. The highest BCUT2D eigenvalue weighted by molar-refractivity contribution is 5.75. The minimum Gasteiger partial charge on any atom is -0.352 e. The number of alkyl halides is 3. The van der Waals surface area contributed by atoms with Gasteiger partial charge in [-0.2, -0.15) is 18.3 Å². The molecule has 0 spiro atoms. The highest BCUT2D eigenvalue weighted by Gasteiger charge is 2.33. The van der Waals surface area contributed by atoms with E-state index in [0.717, 1.165) is 30.3 Å². The van der Waals surface area contributed by atoms with E-state index in [1.165, 1.54) is 10.7 Å². The van der Waals surface area contributed by atoms with Crippen molar-refractivity contribution in [1.82, 2.24) is 15.1 Å². The van der Waals surface area contributed by atoms with Crippen molar-refractivity contribution in [2.75, 3.05) is 0 Å². The lowest BCUT2D eigenvalue weighted by atomic mass is 10.1. The molecule has 0 bridgehead atoms. The van der Waals surface area contributed by atoms with Crippen LogP contribution in [0.15, 0.2) is 24.3 Å².